The third-order valence-electron chi connectivity index (χ3n) is 4.88. The van der Waals surface area contributed by atoms with Crippen molar-refractivity contribution in [3.63, 3.8) is 0 Å². The average Bonchev–Trinajstić information content (AvgIpc) is 2.28. The SMILES string of the molecule is CCC(N([Si](C)(C)C)[Si](C)(C)C)[Si](C)(C)O[Si](C)(C)CCC[Si](C)(Cl)Cl. The molecule has 0 aliphatic rings. The Hall–Kier alpha value is 1.58. The van der Waals surface area contributed by atoms with Crippen LogP contribution in [0.25, 0.3) is 0 Å². The van der Waals surface area contributed by atoms with Crippen LogP contribution in [0.4, 0.5) is 0 Å². The van der Waals surface area contributed by atoms with Crippen LogP contribution in [0.5, 0.6) is 0 Å². The van der Waals surface area contributed by atoms with Crippen LogP contribution in [-0.4, -0.2) is 49.7 Å². The molecule has 0 bridgehead atoms. The van der Waals surface area contributed by atoms with E-state index in [1.54, 1.807) is 0 Å². The molecule has 0 saturated heterocycles. The summed E-state index contributed by atoms with van der Waals surface area (Å²) in [5, 5.41) is 0. The molecule has 0 radical (unpaired) electrons. The predicted octanol–water partition coefficient (Wildman–Crippen LogP) is 7.64. The first-order chi connectivity index (χ1) is 11.2. The van der Waals surface area contributed by atoms with Crippen LogP contribution in [0.1, 0.15) is 19.8 Å². The van der Waals surface area contributed by atoms with E-state index in [-0.39, 0.29) is 0 Å². The second-order valence-electron chi connectivity index (χ2n) is 11.0. The van der Waals surface area contributed by atoms with Crippen molar-refractivity contribution in [2.24, 2.45) is 0 Å². The standard InChI is InChI=1S/C17H45Cl2NOSi5/c1-13-17(20(22(2,3)4)23(5,6)7)25(10,11)21-24(8,9)15-14-16-26(12,18)19/h17H,13-16H2,1-12H3. The lowest BCUT2D eigenvalue weighted by Crippen LogP contribution is -2.70. The van der Waals surface area contributed by atoms with Gasteiger partial charge in [0.15, 0.2) is 16.6 Å². The lowest BCUT2D eigenvalue weighted by atomic mass is 10.5. The summed E-state index contributed by atoms with van der Waals surface area (Å²) in [6.07, 6.45) is 2.31. The van der Waals surface area contributed by atoms with Crippen molar-refractivity contribution in [1.82, 2.24) is 4.23 Å². The Balaban J connectivity index is 5.40. The summed E-state index contributed by atoms with van der Waals surface area (Å²) in [5.41, 5.74) is 0.619. The zero-order chi connectivity index (χ0) is 21.2. The van der Waals surface area contributed by atoms with Gasteiger partial charge in [0.2, 0.25) is 6.69 Å². The van der Waals surface area contributed by atoms with Gasteiger partial charge in [-0.2, -0.15) is 0 Å². The molecule has 0 saturated carbocycles. The fraction of sp³-hybridized carbons (Fsp3) is 1.00. The predicted molar refractivity (Wildman–Crippen MR) is 136 cm³/mol. The van der Waals surface area contributed by atoms with Crippen molar-refractivity contribution in [2.75, 3.05) is 0 Å². The van der Waals surface area contributed by atoms with E-state index in [9.17, 15) is 0 Å². The quantitative estimate of drug-likeness (QED) is 0.218. The summed E-state index contributed by atoms with van der Waals surface area (Å²) >= 11 is 12.6. The maximum Gasteiger partial charge on any atom is 0.248 e. The second-order valence-corrected chi connectivity index (χ2v) is 38.1. The molecule has 0 N–H and O–H groups in total. The van der Waals surface area contributed by atoms with Gasteiger partial charge in [-0.15, -0.1) is 22.2 Å². The van der Waals surface area contributed by atoms with Gasteiger partial charge in [-0.05, 0) is 51.2 Å². The smallest absolute Gasteiger partial charge is 0.248 e. The molecule has 0 aromatic heterocycles. The first-order valence-corrected chi connectivity index (χ1v) is 27.8. The van der Waals surface area contributed by atoms with Gasteiger partial charge in [-0.3, -0.25) is 0 Å². The minimum Gasteiger partial charge on any atom is -0.454 e. The third kappa shape index (κ3) is 9.87. The summed E-state index contributed by atoms with van der Waals surface area (Å²) < 4.78 is 10.1. The molecule has 1 unspecified atom stereocenters. The molecule has 0 heterocycles. The van der Waals surface area contributed by atoms with Crippen LogP contribution in [0.3, 0.4) is 0 Å². The van der Waals surface area contributed by atoms with E-state index >= 15 is 0 Å². The van der Waals surface area contributed by atoms with Gasteiger partial charge in [0.25, 0.3) is 0 Å². The molecule has 0 aromatic carbocycles. The molecule has 0 rings (SSSR count). The molecule has 9 heteroatoms. The number of rotatable bonds is 11. The van der Waals surface area contributed by atoms with Crippen molar-refractivity contribution in [2.45, 2.75) is 110 Å². The maximum absolute atomic E-state index is 7.07. The molecule has 0 aromatic rings. The van der Waals surface area contributed by atoms with Crippen molar-refractivity contribution in [1.29, 1.82) is 0 Å². The number of halogens is 2. The lowest BCUT2D eigenvalue weighted by Gasteiger charge is -2.54. The highest BCUT2D eigenvalue weighted by Crippen LogP contribution is 2.33. The molecule has 0 fully saturated rings. The van der Waals surface area contributed by atoms with Gasteiger partial charge in [0.05, 0.1) is 0 Å². The van der Waals surface area contributed by atoms with Crippen molar-refractivity contribution >= 4 is 62.0 Å². The Morgan fingerprint density at radius 1 is 0.769 bits per heavy atom. The summed E-state index contributed by atoms with van der Waals surface area (Å²) in [6, 6.07) is 2.15. The second kappa shape index (κ2) is 9.60. The van der Waals surface area contributed by atoms with Crippen LogP contribution >= 0.6 is 22.2 Å². The largest absolute Gasteiger partial charge is 0.454 e. The molecule has 2 nitrogen and oxygen atoms in total. The fourth-order valence-electron chi connectivity index (χ4n) is 4.58. The summed E-state index contributed by atoms with van der Waals surface area (Å²) in [7, 11) is -6.37. The molecule has 0 aliphatic carbocycles. The third-order valence-corrected chi connectivity index (χ3v) is 23.4. The van der Waals surface area contributed by atoms with E-state index in [4.69, 9.17) is 26.3 Å². The first kappa shape index (κ1) is 27.6. The van der Waals surface area contributed by atoms with Crippen LogP contribution in [0, 0.1) is 0 Å². The van der Waals surface area contributed by atoms with Crippen LogP contribution in [-0.2, 0) is 4.12 Å². The Kier molecular flexibility index (Phi) is 10.2. The normalized spacial score (nSPS) is 16.3. The van der Waals surface area contributed by atoms with Crippen LogP contribution < -0.4 is 0 Å². The Morgan fingerprint density at radius 3 is 1.50 bits per heavy atom. The molecule has 0 amide bonds. The van der Waals surface area contributed by atoms with Gasteiger partial charge in [-0.25, -0.2) is 0 Å². The van der Waals surface area contributed by atoms with Gasteiger partial charge < -0.3 is 8.35 Å². The van der Waals surface area contributed by atoms with E-state index in [0.29, 0.717) is 5.67 Å². The van der Waals surface area contributed by atoms with Gasteiger partial charge in [0, 0.05) is 5.67 Å². The van der Waals surface area contributed by atoms with Crippen molar-refractivity contribution in [3.05, 3.63) is 0 Å². The van der Waals surface area contributed by atoms with E-state index in [2.05, 4.69) is 76.6 Å². The monoisotopic (exact) mass is 489 g/mol. The van der Waals surface area contributed by atoms with Gasteiger partial charge in [-0.1, -0.05) is 52.6 Å². The molecule has 1 atom stereocenters. The van der Waals surface area contributed by atoms with Gasteiger partial charge >= 0.3 is 0 Å². The number of nitrogens with zero attached hydrogens (tertiary/aromatic N) is 1. The Morgan fingerprint density at radius 2 is 1.19 bits per heavy atom. The lowest BCUT2D eigenvalue weighted by molar-refractivity contribution is 0.439. The Bertz CT molecular complexity index is 428. The summed E-state index contributed by atoms with van der Waals surface area (Å²) in [4.78, 5) is 0. The molecule has 0 aliphatic heterocycles. The van der Waals surface area contributed by atoms with Crippen molar-refractivity contribution < 1.29 is 4.12 Å². The van der Waals surface area contributed by atoms with E-state index in [1.165, 1.54) is 12.5 Å². The number of hydrogen-bond donors (Lipinski definition) is 0. The van der Waals surface area contributed by atoms with E-state index in [1.807, 2.05) is 6.55 Å². The maximum atomic E-state index is 7.07. The Labute approximate surface area is 179 Å². The topological polar surface area (TPSA) is 12.5 Å². The highest BCUT2D eigenvalue weighted by Gasteiger charge is 2.48. The van der Waals surface area contributed by atoms with Gasteiger partial charge in [0.1, 0.15) is 16.5 Å². The highest BCUT2D eigenvalue weighted by atomic mass is 35.7. The van der Waals surface area contributed by atoms with Crippen molar-refractivity contribution in [3.8, 4) is 0 Å². The van der Waals surface area contributed by atoms with Crippen LogP contribution in [0.2, 0.25) is 84.1 Å². The summed E-state index contributed by atoms with van der Waals surface area (Å²) in [5.74, 6) is 0. The molecule has 158 valence electrons. The minimum absolute atomic E-state index is 0.619. The molecular formula is C17H45Cl2NOSi5. The zero-order valence-corrected chi connectivity index (χ0v) is 26.0. The van der Waals surface area contributed by atoms with E-state index < -0.39 is 39.8 Å². The zero-order valence-electron chi connectivity index (χ0n) is 19.5. The van der Waals surface area contributed by atoms with Crippen LogP contribution in [0.15, 0.2) is 0 Å². The fourth-order valence-corrected chi connectivity index (χ4v) is 30.3. The molecule has 26 heavy (non-hydrogen) atoms. The minimum atomic E-state index is -1.99. The molecular weight excluding hydrogens is 446 g/mol. The highest BCUT2D eigenvalue weighted by molar-refractivity contribution is 7.44. The first-order valence-electron chi connectivity index (χ1n) is 10.1. The summed E-state index contributed by atoms with van der Waals surface area (Å²) in [6.45, 7) is 27.2. The average molecular weight is 491 g/mol. The number of hydrogen-bond acceptors (Lipinski definition) is 2. The van der Waals surface area contributed by atoms with E-state index in [0.717, 1.165) is 12.5 Å². The molecule has 0 spiro atoms.